The zero-order valence-electron chi connectivity index (χ0n) is 10.1. The quantitative estimate of drug-likeness (QED) is 0.804. The molecule has 17 heavy (non-hydrogen) atoms. The lowest BCUT2D eigenvalue weighted by Crippen LogP contribution is -2.11. The summed E-state index contributed by atoms with van der Waals surface area (Å²) >= 11 is 3.65. The maximum atomic E-state index is 11.6. The van der Waals surface area contributed by atoms with Crippen molar-refractivity contribution < 1.29 is 4.42 Å². The van der Waals surface area contributed by atoms with Crippen LogP contribution >= 0.6 is 15.9 Å². The lowest BCUT2D eigenvalue weighted by molar-refractivity contribution is 0.513. The monoisotopic (exact) mass is 297 g/mol. The predicted octanol–water partition coefficient (Wildman–Crippen LogP) is 3.85. The van der Waals surface area contributed by atoms with Crippen LogP contribution in [0.3, 0.4) is 0 Å². The molecule has 0 amide bonds. The fourth-order valence-electron chi connectivity index (χ4n) is 2.00. The second kappa shape index (κ2) is 5.08. The number of oxazole rings is 1. The minimum Gasteiger partial charge on any atom is -0.408 e. The topological polar surface area (TPSA) is 35.1 Å². The number of aromatic nitrogens is 1. The summed E-state index contributed by atoms with van der Waals surface area (Å²) in [5.41, 5.74) is 2.71. The molecule has 2 aromatic rings. The van der Waals surface area contributed by atoms with Gasteiger partial charge in [0, 0.05) is 11.4 Å². The molecule has 1 aromatic heterocycles. The molecule has 0 aliphatic rings. The first-order valence-electron chi connectivity index (χ1n) is 5.94. The highest BCUT2D eigenvalue weighted by Crippen LogP contribution is 2.29. The Hall–Kier alpha value is -1.03. The third kappa shape index (κ3) is 2.32. The molecule has 2 rings (SSSR count). The van der Waals surface area contributed by atoms with Gasteiger partial charge >= 0.3 is 5.76 Å². The molecule has 0 saturated heterocycles. The van der Waals surface area contributed by atoms with Crippen LogP contribution in [-0.4, -0.2) is 4.57 Å². The van der Waals surface area contributed by atoms with E-state index in [0.717, 1.165) is 23.9 Å². The van der Waals surface area contributed by atoms with Gasteiger partial charge in [-0.25, -0.2) is 4.79 Å². The number of fused-ring (bicyclic) bond motifs is 1. The van der Waals surface area contributed by atoms with Crippen LogP contribution in [0.1, 0.15) is 37.1 Å². The Morgan fingerprint density at radius 1 is 1.41 bits per heavy atom. The summed E-state index contributed by atoms with van der Waals surface area (Å²) in [6, 6.07) is 5.97. The van der Waals surface area contributed by atoms with Crippen LogP contribution in [0.25, 0.3) is 11.1 Å². The summed E-state index contributed by atoms with van der Waals surface area (Å²) in [4.78, 5) is 11.9. The average molecular weight is 298 g/mol. The fourth-order valence-corrected chi connectivity index (χ4v) is 2.74. The van der Waals surface area contributed by atoms with E-state index < -0.39 is 0 Å². The van der Waals surface area contributed by atoms with Crippen LogP contribution in [0.4, 0.5) is 0 Å². The molecule has 92 valence electrons. The maximum absolute atomic E-state index is 11.6. The van der Waals surface area contributed by atoms with E-state index in [2.05, 4.69) is 28.9 Å². The number of aryl methyl sites for hydroxylation is 1. The van der Waals surface area contributed by atoms with Gasteiger partial charge in [0.15, 0.2) is 5.58 Å². The molecule has 1 unspecified atom stereocenters. The SMILES string of the molecule is CCCC(Br)c1ccc2c(c1)oc(=O)n2CC. The molecule has 0 spiro atoms. The number of benzene rings is 1. The van der Waals surface area contributed by atoms with Crippen LogP contribution in [-0.2, 0) is 6.54 Å². The van der Waals surface area contributed by atoms with Gasteiger partial charge in [-0.2, -0.15) is 0 Å². The molecule has 0 aliphatic heterocycles. The smallest absolute Gasteiger partial charge is 0.408 e. The third-order valence-electron chi connectivity index (χ3n) is 2.91. The highest BCUT2D eigenvalue weighted by atomic mass is 79.9. The fraction of sp³-hybridized carbons (Fsp3) is 0.462. The first-order valence-corrected chi connectivity index (χ1v) is 6.86. The second-order valence-corrected chi connectivity index (χ2v) is 5.20. The van der Waals surface area contributed by atoms with E-state index in [1.165, 1.54) is 0 Å². The van der Waals surface area contributed by atoms with Crippen LogP contribution in [0.5, 0.6) is 0 Å². The summed E-state index contributed by atoms with van der Waals surface area (Å²) < 4.78 is 6.89. The van der Waals surface area contributed by atoms with Gasteiger partial charge < -0.3 is 4.42 Å². The number of hydrogen-bond acceptors (Lipinski definition) is 2. The molecule has 0 radical (unpaired) electrons. The van der Waals surface area contributed by atoms with Gasteiger partial charge in [0.05, 0.1) is 5.52 Å². The highest BCUT2D eigenvalue weighted by molar-refractivity contribution is 9.09. The summed E-state index contributed by atoms with van der Waals surface area (Å²) in [6.45, 7) is 4.73. The van der Waals surface area contributed by atoms with Gasteiger partial charge in [0.1, 0.15) is 0 Å². The van der Waals surface area contributed by atoms with Crippen molar-refractivity contribution in [1.82, 2.24) is 4.57 Å². The van der Waals surface area contributed by atoms with Gasteiger partial charge in [-0.15, -0.1) is 0 Å². The molecule has 3 nitrogen and oxygen atoms in total. The molecule has 1 atom stereocenters. The van der Waals surface area contributed by atoms with Crippen molar-refractivity contribution in [3.05, 3.63) is 34.3 Å². The summed E-state index contributed by atoms with van der Waals surface area (Å²) in [5.74, 6) is -0.277. The molecular formula is C13H16BrNO2. The predicted molar refractivity (Wildman–Crippen MR) is 72.7 cm³/mol. The Bertz CT molecular complexity index is 570. The van der Waals surface area contributed by atoms with E-state index in [1.807, 2.05) is 19.1 Å². The minimum atomic E-state index is -0.277. The zero-order valence-corrected chi connectivity index (χ0v) is 11.7. The van der Waals surface area contributed by atoms with Crippen LogP contribution in [0.2, 0.25) is 0 Å². The Morgan fingerprint density at radius 3 is 2.82 bits per heavy atom. The van der Waals surface area contributed by atoms with Crippen LogP contribution in [0, 0.1) is 0 Å². The number of halogens is 1. The van der Waals surface area contributed by atoms with E-state index in [9.17, 15) is 4.79 Å². The second-order valence-electron chi connectivity index (χ2n) is 4.10. The summed E-state index contributed by atoms with van der Waals surface area (Å²) in [5, 5.41) is 0. The Balaban J connectivity index is 2.48. The summed E-state index contributed by atoms with van der Waals surface area (Å²) in [6.07, 6.45) is 2.19. The normalized spacial score (nSPS) is 13.1. The van der Waals surface area contributed by atoms with E-state index in [-0.39, 0.29) is 5.76 Å². The van der Waals surface area contributed by atoms with Crippen molar-refractivity contribution >= 4 is 27.0 Å². The largest absolute Gasteiger partial charge is 0.419 e. The minimum absolute atomic E-state index is 0.277. The first-order chi connectivity index (χ1) is 8.17. The number of nitrogens with zero attached hydrogens (tertiary/aromatic N) is 1. The molecule has 0 fully saturated rings. The molecule has 1 aromatic carbocycles. The molecule has 0 N–H and O–H groups in total. The Kier molecular flexibility index (Phi) is 3.72. The van der Waals surface area contributed by atoms with Crippen LogP contribution < -0.4 is 5.76 Å². The highest BCUT2D eigenvalue weighted by Gasteiger charge is 2.11. The average Bonchev–Trinajstić information content (AvgIpc) is 2.63. The Labute approximate surface area is 109 Å². The molecule has 1 heterocycles. The lowest BCUT2D eigenvalue weighted by atomic mass is 10.1. The number of hydrogen-bond donors (Lipinski definition) is 0. The van der Waals surface area contributed by atoms with Crippen LogP contribution in [0.15, 0.2) is 27.4 Å². The van der Waals surface area contributed by atoms with Crippen molar-refractivity contribution in [1.29, 1.82) is 0 Å². The van der Waals surface area contributed by atoms with Crippen molar-refractivity contribution in [2.24, 2.45) is 0 Å². The first kappa shape index (κ1) is 12.4. The standard InChI is InChI=1S/C13H16BrNO2/c1-3-5-10(14)9-6-7-11-12(8-9)17-13(16)15(11)4-2/h6-8,10H,3-5H2,1-2H3. The van der Waals surface area contributed by atoms with Gasteiger partial charge in [-0.05, 0) is 31.0 Å². The third-order valence-corrected chi connectivity index (χ3v) is 3.90. The number of alkyl halides is 1. The van der Waals surface area contributed by atoms with E-state index in [4.69, 9.17) is 4.42 Å². The van der Waals surface area contributed by atoms with Crippen molar-refractivity contribution in [3.8, 4) is 0 Å². The van der Waals surface area contributed by atoms with E-state index in [0.29, 0.717) is 17.0 Å². The van der Waals surface area contributed by atoms with Gasteiger partial charge in [-0.3, -0.25) is 4.57 Å². The molecule has 0 aliphatic carbocycles. The van der Waals surface area contributed by atoms with Gasteiger partial charge in [0.2, 0.25) is 0 Å². The Morgan fingerprint density at radius 2 is 2.18 bits per heavy atom. The van der Waals surface area contributed by atoms with Gasteiger partial charge in [-0.1, -0.05) is 35.3 Å². The van der Waals surface area contributed by atoms with E-state index in [1.54, 1.807) is 4.57 Å². The van der Waals surface area contributed by atoms with Crippen molar-refractivity contribution in [3.63, 3.8) is 0 Å². The summed E-state index contributed by atoms with van der Waals surface area (Å²) in [7, 11) is 0. The molecule has 0 bridgehead atoms. The van der Waals surface area contributed by atoms with Crippen molar-refractivity contribution in [2.75, 3.05) is 0 Å². The zero-order chi connectivity index (χ0) is 12.4. The van der Waals surface area contributed by atoms with Crippen molar-refractivity contribution in [2.45, 2.75) is 38.1 Å². The molecular weight excluding hydrogens is 282 g/mol. The molecule has 0 saturated carbocycles. The number of rotatable bonds is 4. The lowest BCUT2D eigenvalue weighted by Gasteiger charge is -2.08. The molecule has 4 heteroatoms. The maximum Gasteiger partial charge on any atom is 0.419 e. The van der Waals surface area contributed by atoms with Gasteiger partial charge in [0.25, 0.3) is 0 Å². The van der Waals surface area contributed by atoms with E-state index >= 15 is 0 Å².